The predicted octanol–water partition coefficient (Wildman–Crippen LogP) is 3.74. The molecule has 7 heteroatoms. The van der Waals surface area contributed by atoms with Crippen LogP contribution in [0.25, 0.3) is 5.69 Å². The van der Waals surface area contributed by atoms with Crippen LogP contribution in [0.5, 0.6) is 0 Å². The summed E-state index contributed by atoms with van der Waals surface area (Å²) >= 11 is 1.27. The van der Waals surface area contributed by atoms with Crippen molar-refractivity contribution >= 4 is 23.9 Å². The van der Waals surface area contributed by atoms with Crippen molar-refractivity contribution in [3.8, 4) is 5.69 Å². The Morgan fingerprint density at radius 3 is 2.64 bits per heavy atom. The van der Waals surface area contributed by atoms with E-state index in [4.69, 9.17) is 0 Å². The molecule has 1 amide bonds. The molecule has 0 spiro atoms. The number of thioether (sulfide) groups is 1. The Balaban J connectivity index is 1.67. The molecular formula is C21H23N5OS. The van der Waals surface area contributed by atoms with Crippen LogP contribution in [-0.4, -0.2) is 32.4 Å². The SMILES string of the molecule is Cc1ccc(-n2c(C)cc(/C=N/NC(=O)CSc3ncccn3)c2C)c(C)c1. The lowest BCUT2D eigenvalue weighted by atomic mass is 10.1. The molecule has 0 saturated heterocycles. The van der Waals surface area contributed by atoms with Gasteiger partial charge in [-0.25, -0.2) is 15.4 Å². The van der Waals surface area contributed by atoms with E-state index >= 15 is 0 Å². The largest absolute Gasteiger partial charge is 0.318 e. The average molecular weight is 394 g/mol. The predicted molar refractivity (Wildman–Crippen MR) is 113 cm³/mol. The number of rotatable bonds is 6. The second kappa shape index (κ2) is 8.84. The van der Waals surface area contributed by atoms with Gasteiger partial charge in [-0.3, -0.25) is 4.79 Å². The summed E-state index contributed by atoms with van der Waals surface area (Å²) < 4.78 is 2.21. The molecule has 0 bridgehead atoms. The lowest BCUT2D eigenvalue weighted by molar-refractivity contribution is -0.118. The summed E-state index contributed by atoms with van der Waals surface area (Å²) in [6.07, 6.45) is 4.98. The van der Waals surface area contributed by atoms with Gasteiger partial charge in [0.05, 0.1) is 12.0 Å². The van der Waals surface area contributed by atoms with E-state index in [2.05, 4.69) is 77.0 Å². The Kier molecular flexibility index (Phi) is 6.26. The number of aromatic nitrogens is 3. The minimum atomic E-state index is -0.197. The van der Waals surface area contributed by atoms with Crippen LogP contribution in [0, 0.1) is 27.7 Å². The van der Waals surface area contributed by atoms with Crippen molar-refractivity contribution in [3.63, 3.8) is 0 Å². The first-order valence-corrected chi connectivity index (χ1v) is 9.92. The van der Waals surface area contributed by atoms with E-state index in [9.17, 15) is 4.79 Å². The molecule has 28 heavy (non-hydrogen) atoms. The molecule has 1 aromatic carbocycles. The van der Waals surface area contributed by atoms with Gasteiger partial charge in [-0.05, 0) is 51.5 Å². The van der Waals surface area contributed by atoms with Crippen molar-refractivity contribution in [1.29, 1.82) is 0 Å². The Bertz CT molecular complexity index is 1010. The lowest BCUT2D eigenvalue weighted by Crippen LogP contribution is -2.19. The molecule has 0 atom stereocenters. The van der Waals surface area contributed by atoms with Crippen LogP contribution in [0.2, 0.25) is 0 Å². The molecule has 144 valence electrons. The molecule has 3 aromatic rings. The van der Waals surface area contributed by atoms with Gasteiger partial charge in [0.1, 0.15) is 0 Å². The minimum Gasteiger partial charge on any atom is -0.318 e. The smallest absolute Gasteiger partial charge is 0.250 e. The standard InChI is InChI=1S/C21H23N5OS/c1-14-6-7-19(15(2)10-14)26-16(3)11-18(17(26)4)12-24-25-20(27)13-28-21-22-8-5-9-23-21/h5-12H,13H2,1-4H3,(H,25,27)/b24-12+. The van der Waals surface area contributed by atoms with Gasteiger partial charge in [-0.2, -0.15) is 5.10 Å². The minimum absolute atomic E-state index is 0.197. The number of hydrogen-bond donors (Lipinski definition) is 1. The zero-order chi connectivity index (χ0) is 20.1. The molecule has 3 rings (SSSR count). The van der Waals surface area contributed by atoms with Gasteiger partial charge in [0.25, 0.3) is 5.91 Å². The maximum absolute atomic E-state index is 12.0. The molecule has 0 radical (unpaired) electrons. The Morgan fingerprint density at radius 1 is 1.18 bits per heavy atom. The fourth-order valence-corrected chi connectivity index (χ4v) is 3.64. The highest BCUT2D eigenvalue weighted by Crippen LogP contribution is 2.23. The van der Waals surface area contributed by atoms with E-state index < -0.39 is 0 Å². The van der Waals surface area contributed by atoms with Crippen molar-refractivity contribution in [3.05, 3.63) is 70.8 Å². The molecule has 0 aliphatic heterocycles. The van der Waals surface area contributed by atoms with E-state index in [-0.39, 0.29) is 11.7 Å². The zero-order valence-electron chi connectivity index (χ0n) is 16.4. The number of carbonyl (C=O) groups excluding carboxylic acids is 1. The quantitative estimate of drug-likeness (QED) is 0.300. The van der Waals surface area contributed by atoms with Crippen LogP contribution in [0.15, 0.2) is 53.0 Å². The fraction of sp³-hybridized carbons (Fsp3) is 0.238. The Hall–Kier alpha value is -2.93. The molecule has 0 unspecified atom stereocenters. The van der Waals surface area contributed by atoms with E-state index in [0.29, 0.717) is 5.16 Å². The topological polar surface area (TPSA) is 72.2 Å². The van der Waals surface area contributed by atoms with Crippen LogP contribution >= 0.6 is 11.8 Å². The Labute approximate surface area is 169 Å². The summed E-state index contributed by atoms with van der Waals surface area (Å²) in [5.41, 5.74) is 9.35. The van der Waals surface area contributed by atoms with Crippen LogP contribution < -0.4 is 5.43 Å². The van der Waals surface area contributed by atoms with Gasteiger partial charge in [0.2, 0.25) is 0 Å². The highest BCUT2D eigenvalue weighted by Gasteiger charge is 2.11. The van der Waals surface area contributed by atoms with E-state index in [0.717, 1.165) is 22.6 Å². The van der Waals surface area contributed by atoms with Gasteiger partial charge in [0, 0.05) is 35.0 Å². The molecule has 2 heterocycles. The number of hydrazone groups is 1. The lowest BCUT2D eigenvalue weighted by Gasteiger charge is -2.13. The van der Waals surface area contributed by atoms with Crippen molar-refractivity contribution in [1.82, 2.24) is 20.0 Å². The van der Waals surface area contributed by atoms with Crippen molar-refractivity contribution < 1.29 is 4.79 Å². The molecule has 1 N–H and O–H groups in total. The molecule has 6 nitrogen and oxygen atoms in total. The van der Waals surface area contributed by atoms with Crippen molar-refractivity contribution in [2.75, 3.05) is 5.75 Å². The van der Waals surface area contributed by atoms with Gasteiger partial charge in [-0.15, -0.1) is 0 Å². The molecule has 2 aromatic heterocycles. The summed E-state index contributed by atoms with van der Waals surface area (Å²) in [4.78, 5) is 20.1. The van der Waals surface area contributed by atoms with Crippen LogP contribution in [0.3, 0.4) is 0 Å². The van der Waals surface area contributed by atoms with Gasteiger partial charge in [0.15, 0.2) is 5.16 Å². The second-order valence-corrected chi connectivity index (χ2v) is 7.51. The number of benzene rings is 1. The summed E-state index contributed by atoms with van der Waals surface area (Å²) in [6.45, 7) is 8.33. The van der Waals surface area contributed by atoms with Gasteiger partial charge < -0.3 is 4.57 Å². The first-order chi connectivity index (χ1) is 13.5. The maximum atomic E-state index is 12.0. The van der Waals surface area contributed by atoms with Crippen molar-refractivity contribution in [2.24, 2.45) is 5.10 Å². The highest BCUT2D eigenvalue weighted by molar-refractivity contribution is 7.99. The number of hydrogen-bond acceptors (Lipinski definition) is 5. The zero-order valence-corrected chi connectivity index (χ0v) is 17.2. The number of nitrogens with one attached hydrogen (secondary N) is 1. The number of amides is 1. The van der Waals surface area contributed by atoms with E-state index in [1.54, 1.807) is 24.7 Å². The monoisotopic (exact) mass is 393 g/mol. The average Bonchev–Trinajstić information content (AvgIpc) is 2.95. The first kappa shape index (κ1) is 19.8. The summed E-state index contributed by atoms with van der Waals surface area (Å²) in [6, 6.07) is 10.2. The number of aryl methyl sites for hydroxylation is 3. The van der Waals surface area contributed by atoms with Gasteiger partial charge >= 0.3 is 0 Å². The van der Waals surface area contributed by atoms with Crippen molar-refractivity contribution in [2.45, 2.75) is 32.9 Å². The first-order valence-electron chi connectivity index (χ1n) is 8.94. The molecule has 0 aliphatic rings. The van der Waals surface area contributed by atoms with Crippen LogP contribution in [0.4, 0.5) is 0 Å². The number of carbonyl (C=O) groups is 1. The van der Waals surface area contributed by atoms with E-state index in [1.807, 2.05) is 0 Å². The number of nitrogens with zero attached hydrogens (tertiary/aromatic N) is 4. The summed E-state index contributed by atoms with van der Waals surface area (Å²) in [7, 11) is 0. The van der Waals surface area contributed by atoms with Gasteiger partial charge in [-0.1, -0.05) is 29.5 Å². The summed E-state index contributed by atoms with van der Waals surface area (Å²) in [5.74, 6) is 0.0139. The third-order valence-corrected chi connectivity index (χ3v) is 5.21. The van der Waals surface area contributed by atoms with Crippen LogP contribution in [0.1, 0.15) is 28.1 Å². The highest BCUT2D eigenvalue weighted by atomic mass is 32.2. The normalized spacial score (nSPS) is 11.1. The third kappa shape index (κ3) is 4.67. The third-order valence-electron chi connectivity index (χ3n) is 4.33. The maximum Gasteiger partial charge on any atom is 0.250 e. The summed E-state index contributed by atoms with van der Waals surface area (Å²) in [5, 5.41) is 4.68. The Morgan fingerprint density at radius 2 is 1.93 bits per heavy atom. The molecule has 0 aliphatic carbocycles. The van der Waals surface area contributed by atoms with E-state index in [1.165, 1.54) is 22.9 Å². The second-order valence-electron chi connectivity index (χ2n) is 6.57. The molecule has 0 saturated carbocycles. The molecular weight excluding hydrogens is 370 g/mol. The molecule has 0 fully saturated rings. The fourth-order valence-electron chi connectivity index (χ4n) is 3.04. The van der Waals surface area contributed by atoms with Crippen LogP contribution in [-0.2, 0) is 4.79 Å².